The van der Waals surface area contributed by atoms with E-state index >= 15 is 0 Å². The van der Waals surface area contributed by atoms with E-state index in [0.29, 0.717) is 12.6 Å². The number of aromatic nitrogens is 1. The third-order valence-corrected chi connectivity index (χ3v) is 6.61. The number of fused-ring (bicyclic) bond motifs is 2. The topological polar surface area (TPSA) is 74.8 Å². The Kier molecular flexibility index (Phi) is 4.80. The Morgan fingerprint density at radius 3 is 2.93 bits per heavy atom. The molecule has 1 saturated heterocycles. The average molecular weight is 372 g/mol. The van der Waals surface area contributed by atoms with Crippen molar-refractivity contribution in [1.82, 2.24) is 14.8 Å². The van der Waals surface area contributed by atoms with Crippen LogP contribution in [0.2, 0.25) is 0 Å². The number of carbonyl (C=O) groups excluding carboxylic acids is 2. The van der Waals surface area contributed by atoms with E-state index in [1.807, 2.05) is 26.1 Å². The molecule has 0 aromatic carbocycles. The van der Waals surface area contributed by atoms with Crippen molar-refractivity contribution in [2.24, 2.45) is 0 Å². The molecule has 2 fully saturated rings. The summed E-state index contributed by atoms with van der Waals surface area (Å²) in [7, 11) is 1.83. The SMILES string of the molecule is CCOC(=O)N(C)[C@@H]1CCN(C2CCC3(CC2)C(=O)Nc2ncccc23)C1. The summed E-state index contributed by atoms with van der Waals surface area (Å²) in [6, 6.07) is 4.65. The zero-order chi connectivity index (χ0) is 19.0. The molecule has 0 unspecified atom stereocenters. The molecule has 1 N–H and O–H groups in total. The number of carbonyl (C=O) groups is 2. The molecule has 7 nitrogen and oxygen atoms in total. The van der Waals surface area contributed by atoms with E-state index in [0.717, 1.165) is 56.6 Å². The summed E-state index contributed by atoms with van der Waals surface area (Å²) in [5.41, 5.74) is 0.663. The van der Waals surface area contributed by atoms with Gasteiger partial charge in [-0.2, -0.15) is 0 Å². The van der Waals surface area contributed by atoms with E-state index < -0.39 is 5.41 Å². The summed E-state index contributed by atoms with van der Waals surface area (Å²) in [5.74, 6) is 0.842. The quantitative estimate of drug-likeness (QED) is 0.882. The van der Waals surface area contributed by atoms with E-state index in [1.165, 1.54) is 0 Å². The number of nitrogens with zero attached hydrogens (tertiary/aromatic N) is 3. The molecule has 27 heavy (non-hydrogen) atoms. The van der Waals surface area contributed by atoms with Crippen molar-refractivity contribution in [3.8, 4) is 0 Å². The highest BCUT2D eigenvalue weighted by Crippen LogP contribution is 2.47. The number of likely N-dealkylation sites (N-methyl/N-ethyl adjacent to an activating group) is 1. The van der Waals surface area contributed by atoms with Crippen molar-refractivity contribution in [2.45, 2.75) is 56.5 Å². The molecule has 1 aromatic heterocycles. The zero-order valence-corrected chi connectivity index (χ0v) is 16.1. The van der Waals surface area contributed by atoms with Gasteiger partial charge in [-0.1, -0.05) is 6.07 Å². The highest BCUT2D eigenvalue weighted by molar-refractivity contribution is 6.05. The normalized spacial score (nSPS) is 30.2. The molecule has 1 saturated carbocycles. The predicted molar refractivity (Wildman–Crippen MR) is 102 cm³/mol. The number of amides is 2. The van der Waals surface area contributed by atoms with Gasteiger partial charge >= 0.3 is 6.09 Å². The van der Waals surface area contributed by atoms with Crippen LogP contribution in [0, 0.1) is 0 Å². The average Bonchev–Trinajstić information content (AvgIpc) is 3.27. The van der Waals surface area contributed by atoms with Crippen LogP contribution < -0.4 is 5.32 Å². The van der Waals surface area contributed by atoms with Crippen molar-refractivity contribution in [3.05, 3.63) is 23.9 Å². The molecular weight excluding hydrogens is 344 g/mol. The Bertz CT molecular complexity index is 730. The summed E-state index contributed by atoms with van der Waals surface area (Å²) >= 11 is 0. The molecule has 3 aliphatic rings. The standard InChI is InChI=1S/C20H28N4O3/c1-3-27-19(26)23(2)15-8-12-24(13-15)14-6-9-20(10-7-14)16-5-4-11-21-17(16)22-18(20)25/h4-5,11,14-15H,3,6-10,12-13H2,1-2H3,(H,21,22,25)/t14?,15-,20?/m1/s1. The summed E-state index contributed by atoms with van der Waals surface area (Å²) in [6.45, 7) is 4.12. The van der Waals surface area contributed by atoms with Gasteiger partial charge in [0.25, 0.3) is 0 Å². The minimum absolute atomic E-state index is 0.107. The van der Waals surface area contributed by atoms with Gasteiger partial charge in [-0.25, -0.2) is 9.78 Å². The van der Waals surface area contributed by atoms with Crippen molar-refractivity contribution in [3.63, 3.8) is 0 Å². The van der Waals surface area contributed by atoms with Crippen LogP contribution in [0.4, 0.5) is 10.6 Å². The highest BCUT2D eigenvalue weighted by atomic mass is 16.6. The number of hydrogen-bond donors (Lipinski definition) is 1. The Balaban J connectivity index is 1.38. The number of pyridine rings is 1. The Labute approximate surface area is 160 Å². The van der Waals surface area contributed by atoms with Crippen LogP contribution in [0.1, 0.15) is 44.6 Å². The lowest BCUT2D eigenvalue weighted by atomic mass is 9.69. The number of likely N-dealkylation sites (tertiary alicyclic amines) is 1. The van der Waals surface area contributed by atoms with Crippen LogP contribution in [0.3, 0.4) is 0 Å². The second-order valence-electron chi connectivity index (χ2n) is 7.91. The Morgan fingerprint density at radius 2 is 2.19 bits per heavy atom. The lowest BCUT2D eigenvalue weighted by Gasteiger charge is -2.39. The maximum absolute atomic E-state index is 12.7. The molecular formula is C20H28N4O3. The minimum Gasteiger partial charge on any atom is -0.450 e. The number of nitrogens with one attached hydrogen (secondary N) is 1. The molecule has 146 valence electrons. The van der Waals surface area contributed by atoms with Crippen molar-refractivity contribution >= 4 is 17.8 Å². The van der Waals surface area contributed by atoms with Crippen molar-refractivity contribution in [1.29, 1.82) is 0 Å². The largest absolute Gasteiger partial charge is 0.450 e. The molecule has 2 amide bonds. The molecule has 1 aliphatic carbocycles. The van der Waals surface area contributed by atoms with Gasteiger partial charge in [0.2, 0.25) is 5.91 Å². The smallest absolute Gasteiger partial charge is 0.409 e. The fourth-order valence-corrected chi connectivity index (χ4v) is 4.99. The summed E-state index contributed by atoms with van der Waals surface area (Å²) < 4.78 is 5.12. The fourth-order valence-electron chi connectivity index (χ4n) is 4.99. The third kappa shape index (κ3) is 3.08. The van der Waals surface area contributed by atoms with E-state index in [2.05, 4.69) is 15.2 Å². The second kappa shape index (κ2) is 7.11. The van der Waals surface area contributed by atoms with Crippen LogP contribution in [-0.2, 0) is 14.9 Å². The molecule has 4 rings (SSSR count). The number of anilines is 1. The summed E-state index contributed by atoms with van der Waals surface area (Å²) in [4.78, 5) is 33.2. The van der Waals surface area contributed by atoms with Gasteiger partial charge in [-0.15, -0.1) is 0 Å². The molecule has 7 heteroatoms. The molecule has 2 aliphatic heterocycles. The Hall–Kier alpha value is -2.15. The van der Waals surface area contributed by atoms with E-state index in [1.54, 1.807) is 11.1 Å². The molecule has 3 heterocycles. The summed E-state index contributed by atoms with van der Waals surface area (Å²) in [5, 5.41) is 2.97. The van der Waals surface area contributed by atoms with E-state index in [4.69, 9.17) is 4.74 Å². The van der Waals surface area contributed by atoms with E-state index in [9.17, 15) is 9.59 Å². The Morgan fingerprint density at radius 1 is 1.41 bits per heavy atom. The molecule has 1 spiro atoms. The zero-order valence-electron chi connectivity index (χ0n) is 16.1. The van der Waals surface area contributed by atoms with E-state index in [-0.39, 0.29) is 18.0 Å². The maximum Gasteiger partial charge on any atom is 0.409 e. The molecule has 1 aromatic rings. The van der Waals surface area contributed by atoms with Gasteiger partial charge in [0.05, 0.1) is 12.0 Å². The first-order valence-electron chi connectivity index (χ1n) is 9.96. The van der Waals surface area contributed by atoms with Crippen molar-refractivity contribution in [2.75, 3.05) is 32.1 Å². The summed E-state index contributed by atoms with van der Waals surface area (Å²) in [6.07, 6.45) is 6.18. The second-order valence-corrected chi connectivity index (χ2v) is 7.91. The maximum atomic E-state index is 12.7. The molecule has 0 bridgehead atoms. The monoisotopic (exact) mass is 372 g/mol. The minimum atomic E-state index is -0.402. The fraction of sp³-hybridized carbons (Fsp3) is 0.650. The predicted octanol–water partition coefficient (Wildman–Crippen LogP) is 2.38. The van der Waals surface area contributed by atoms with Crippen LogP contribution in [-0.4, -0.2) is 65.6 Å². The number of ether oxygens (including phenoxy) is 1. The van der Waals surface area contributed by atoms with Gasteiger partial charge < -0.3 is 15.0 Å². The van der Waals surface area contributed by atoms with Crippen molar-refractivity contribution < 1.29 is 14.3 Å². The van der Waals surface area contributed by atoms with Crippen LogP contribution in [0.5, 0.6) is 0 Å². The highest BCUT2D eigenvalue weighted by Gasteiger charge is 2.50. The van der Waals surface area contributed by atoms with Crippen LogP contribution in [0.15, 0.2) is 18.3 Å². The number of hydrogen-bond acceptors (Lipinski definition) is 5. The first-order valence-corrected chi connectivity index (χ1v) is 9.96. The third-order valence-electron chi connectivity index (χ3n) is 6.61. The first-order chi connectivity index (χ1) is 13.0. The number of rotatable bonds is 3. The van der Waals surface area contributed by atoms with Crippen LogP contribution in [0.25, 0.3) is 0 Å². The molecule has 0 radical (unpaired) electrons. The van der Waals surface area contributed by atoms with Gasteiger partial charge in [0.1, 0.15) is 5.82 Å². The van der Waals surface area contributed by atoms with Gasteiger partial charge in [0.15, 0.2) is 0 Å². The first kappa shape index (κ1) is 18.2. The van der Waals surface area contributed by atoms with Gasteiger partial charge in [-0.05, 0) is 45.1 Å². The lowest BCUT2D eigenvalue weighted by molar-refractivity contribution is -0.122. The molecule has 1 atom stereocenters. The van der Waals surface area contributed by atoms with Gasteiger partial charge in [0, 0.05) is 44.0 Å². The lowest BCUT2D eigenvalue weighted by Crippen LogP contribution is -2.46. The van der Waals surface area contributed by atoms with Gasteiger partial charge in [-0.3, -0.25) is 9.69 Å². The van der Waals surface area contributed by atoms with Crippen LogP contribution >= 0.6 is 0 Å².